The lowest BCUT2D eigenvalue weighted by molar-refractivity contribution is 0.0937. The zero-order valence-corrected chi connectivity index (χ0v) is 14.5. The molecule has 3 rings (SSSR count). The van der Waals surface area contributed by atoms with Crippen LogP contribution in [0.25, 0.3) is 11.0 Å². The molecule has 0 aliphatic rings. The molecule has 3 aromatic rings. The summed E-state index contributed by atoms with van der Waals surface area (Å²) >= 11 is 0. The molecule has 0 unspecified atom stereocenters. The Bertz CT molecular complexity index is 880. The zero-order valence-electron chi connectivity index (χ0n) is 14.5. The number of hydrogen-bond donors (Lipinski definition) is 1. The number of rotatable bonds is 4. The monoisotopic (exact) mass is 322 g/mol. The smallest absolute Gasteiger partial charge is 0.252 e. The average Bonchev–Trinajstić information content (AvgIpc) is 2.94. The average molecular weight is 322 g/mol. The van der Waals surface area contributed by atoms with Crippen LogP contribution in [0.2, 0.25) is 0 Å². The lowest BCUT2D eigenvalue weighted by Gasteiger charge is -2.18. The van der Waals surface area contributed by atoms with Crippen molar-refractivity contribution in [3.8, 4) is 0 Å². The van der Waals surface area contributed by atoms with E-state index in [0.29, 0.717) is 5.56 Å². The van der Waals surface area contributed by atoms with E-state index in [9.17, 15) is 4.79 Å². The molecule has 24 heavy (non-hydrogen) atoms. The Hall–Kier alpha value is -2.69. The Morgan fingerprint density at radius 1 is 1.25 bits per heavy atom. The first kappa shape index (κ1) is 16.2. The van der Waals surface area contributed by atoms with Gasteiger partial charge in [0.05, 0.1) is 23.2 Å². The van der Waals surface area contributed by atoms with Crippen molar-refractivity contribution in [2.75, 3.05) is 0 Å². The third kappa shape index (κ3) is 3.02. The summed E-state index contributed by atoms with van der Waals surface area (Å²) in [5.41, 5.74) is 4.48. The summed E-state index contributed by atoms with van der Waals surface area (Å²) in [7, 11) is 1.83. The van der Waals surface area contributed by atoms with E-state index >= 15 is 0 Å². The number of benzene rings is 1. The molecule has 124 valence electrons. The van der Waals surface area contributed by atoms with Crippen molar-refractivity contribution in [2.45, 2.75) is 33.2 Å². The highest BCUT2D eigenvalue weighted by Crippen LogP contribution is 2.21. The van der Waals surface area contributed by atoms with Crippen molar-refractivity contribution < 1.29 is 4.79 Å². The molecule has 1 amide bonds. The molecule has 0 aliphatic carbocycles. The number of hydrogen-bond acceptors (Lipinski definition) is 3. The molecule has 5 nitrogen and oxygen atoms in total. The fraction of sp³-hybridized carbons (Fsp3) is 0.316. The summed E-state index contributed by atoms with van der Waals surface area (Å²) in [6.07, 6.45) is 2.53. The Balaban J connectivity index is 1.92. The molecule has 1 N–H and O–H groups in total. The fourth-order valence-corrected chi connectivity index (χ4v) is 2.88. The lowest BCUT2D eigenvalue weighted by atomic mass is 10.0. The first-order valence-corrected chi connectivity index (χ1v) is 8.16. The van der Waals surface area contributed by atoms with Crippen LogP contribution in [0.5, 0.6) is 0 Å². The van der Waals surface area contributed by atoms with Crippen LogP contribution in [0.1, 0.15) is 46.6 Å². The topological polar surface area (TPSA) is 59.8 Å². The zero-order chi connectivity index (χ0) is 17.3. The van der Waals surface area contributed by atoms with Crippen LogP contribution in [0.15, 0.2) is 36.5 Å². The summed E-state index contributed by atoms with van der Waals surface area (Å²) in [6.45, 7) is 6.02. The number of nitrogens with one attached hydrogen (secondary N) is 1. The second kappa shape index (κ2) is 6.43. The first-order valence-electron chi connectivity index (χ1n) is 8.16. The number of carbonyl (C=O) groups is 1. The van der Waals surface area contributed by atoms with Crippen LogP contribution < -0.4 is 5.32 Å². The molecule has 0 fully saturated rings. The Morgan fingerprint density at radius 3 is 2.62 bits per heavy atom. The minimum atomic E-state index is -0.0917. The van der Waals surface area contributed by atoms with Gasteiger partial charge in [-0.2, -0.15) is 5.10 Å². The summed E-state index contributed by atoms with van der Waals surface area (Å²) in [6, 6.07) is 10.1. The highest BCUT2D eigenvalue weighted by molar-refractivity contribution is 6.05. The van der Waals surface area contributed by atoms with Crippen molar-refractivity contribution in [1.82, 2.24) is 20.1 Å². The van der Waals surface area contributed by atoms with Gasteiger partial charge in [0.15, 0.2) is 5.65 Å². The number of pyridine rings is 1. The highest BCUT2D eigenvalue weighted by atomic mass is 16.1. The third-order valence-corrected chi connectivity index (χ3v) is 4.27. The third-order valence-electron chi connectivity index (χ3n) is 4.27. The number of aryl methyl sites for hydroxylation is 3. The van der Waals surface area contributed by atoms with Crippen molar-refractivity contribution in [1.29, 1.82) is 0 Å². The van der Waals surface area contributed by atoms with E-state index in [2.05, 4.69) is 53.5 Å². The maximum absolute atomic E-state index is 12.9. The summed E-state index contributed by atoms with van der Waals surface area (Å²) in [5.74, 6) is -0.0917. The van der Waals surface area contributed by atoms with E-state index in [4.69, 9.17) is 0 Å². The number of aromatic nitrogens is 3. The van der Waals surface area contributed by atoms with Gasteiger partial charge in [-0.3, -0.25) is 9.48 Å². The summed E-state index contributed by atoms with van der Waals surface area (Å²) in [4.78, 5) is 17.3. The van der Waals surface area contributed by atoms with Crippen LogP contribution >= 0.6 is 0 Å². The van der Waals surface area contributed by atoms with E-state index in [1.165, 1.54) is 5.56 Å². The van der Waals surface area contributed by atoms with Crippen molar-refractivity contribution in [2.24, 2.45) is 7.05 Å². The van der Waals surface area contributed by atoms with Gasteiger partial charge in [0.1, 0.15) is 0 Å². The molecule has 0 aliphatic heterocycles. The molecule has 0 spiro atoms. The van der Waals surface area contributed by atoms with Gasteiger partial charge in [-0.25, -0.2) is 4.98 Å². The minimum Gasteiger partial charge on any atom is -0.345 e. The van der Waals surface area contributed by atoms with E-state index in [1.54, 1.807) is 10.9 Å². The van der Waals surface area contributed by atoms with Gasteiger partial charge in [-0.1, -0.05) is 36.8 Å². The molecule has 2 heterocycles. The van der Waals surface area contributed by atoms with Crippen LogP contribution in [0.4, 0.5) is 0 Å². The second-order valence-corrected chi connectivity index (χ2v) is 6.16. The molecule has 0 bridgehead atoms. The molecule has 0 radical (unpaired) electrons. The largest absolute Gasteiger partial charge is 0.345 e. The second-order valence-electron chi connectivity index (χ2n) is 6.16. The predicted molar refractivity (Wildman–Crippen MR) is 94.9 cm³/mol. The molecule has 1 atom stereocenters. The summed E-state index contributed by atoms with van der Waals surface area (Å²) < 4.78 is 1.69. The highest BCUT2D eigenvalue weighted by Gasteiger charge is 2.18. The Labute approximate surface area is 141 Å². The van der Waals surface area contributed by atoms with Crippen LogP contribution in [0.3, 0.4) is 0 Å². The standard InChI is InChI=1S/C19H22N4O/c1-5-17(14-8-6-12(2)7-9-14)22-19(24)15-10-13(3)21-18-16(15)11-20-23(18)4/h6-11,17H,5H2,1-4H3,(H,22,24)/t17-/m1/s1. The van der Waals surface area contributed by atoms with Gasteiger partial charge in [0, 0.05) is 12.7 Å². The molecule has 2 aromatic heterocycles. The Kier molecular flexibility index (Phi) is 4.34. The van der Waals surface area contributed by atoms with Crippen LogP contribution in [-0.2, 0) is 7.05 Å². The molecule has 0 saturated carbocycles. The number of carbonyl (C=O) groups excluding carboxylic acids is 1. The molecule has 5 heteroatoms. The summed E-state index contributed by atoms with van der Waals surface area (Å²) in [5, 5.41) is 8.14. The normalized spacial score (nSPS) is 12.3. The van der Waals surface area contributed by atoms with Crippen LogP contribution in [-0.4, -0.2) is 20.7 Å². The van der Waals surface area contributed by atoms with E-state index in [-0.39, 0.29) is 11.9 Å². The molecule has 0 saturated heterocycles. The van der Waals surface area contributed by atoms with Gasteiger partial charge in [0.2, 0.25) is 0 Å². The minimum absolute atomic E-state index is 0.0155. The lowest BCUT2D eigenvalue weighted by Crippen LogP contribution is -2.28. The number of nitrogens with zero attached hydrogens (tertiary/aromatic N) is 3. The maximum atomic E-state index is 12.9. The van der Waals surface area contributed by atoms with Gasteiger partial charge in [-0.05, 0) is 31.9 Å². The van der Waals surface area contributed by atoms with E-state index < -0.39 is 0 Å². The number of amides is 1. The molecule has 1 aromatic carbocycles. The number of fused-ring (bicyclic) bond motifs is 1. The quantitative estimate of drug-likeness (QED) is 0.800. The van der Waals surface area contributed by atoms with Gasteiger partial charge < -0.3 is 5.32 Å². The molecular formula is C19H22N4O. The van der Waals surface area contributed by atoms with E-state index in [1.807, 2.05) is 20.0 Å². The predicted octanol–water partition coefficient (Wildman–Crippen LogP) is 3.47. The SMILES string of the molecule is CC[C@@H](NC(=O)c1cc(C)nc2c1cnn2C)c1ccc(C)cc1. The van der Waals surface area contributed by atoms with Crippen LogP contribution in [0, 0.1) is 13.8 Å². The maximum Gasteiger partial charge on any atom is 0.252 e. The first-order chi connectivity index (χ1) is 11.5. The van der Waals surface area contributed by atoms with Gasteiger partial charge in [-0.15, -0.1) is 0 Å². The molecular weight excluding hydrogens is 300 g/mol. The van der Waals surface area contributed by atoms with E-state index in [0.717, 1.165) is 28.7 Å². The van der Waals surface area contributed by atoms with Gasteiger partial charge in [0.25, 0.3) is 5.91 Å². The van der Waals surface area contributed by atoms with Crippen molar-refractivity contribution >= 4 is 16.9 Å². The van der Waals surface area contributed by atoms with Crippen molar-refractivity contribution in [3.05, 3.63) is 58.9 Å². The Morgan fingerprint density at radius 2 is 1.96 bits per heavy atom. The van der Waals surface area contributed by atoms with Crippen molar-refractivity contribution in [3.63, 3.8) is 0 Å². The fourth-order valence-electron chi connectivity index (χ4n) is 2.88. The van der Waals surface area contributed by atoms with Gasteiger partial charge >= 0.3 is 0 Å².